The van der Waals surface area contributed by atoms with Crippen LogP contribution in [-0.2, 0) is 36.9 Å². The van der Waals surface area contributed by atoms with Gasteiger partial charge in [-0.25, -0.2) is 19.2 Å². The SMILES string of the molecule is CC(C)(C)OC(=O)NCCCn1cc(NC(=O)c2ccc(OCC(ON3C(=O)c4ccccc4C3=O)C(=O)OC(C)(C)C)cc2)c[n+]1CC1CN(C(=O)OC(C)(C)C)C1. The lowest BCUT2D eigenvalue weighted by Crippen LogP contribution is -2.58. The molecule has 0 spiro atoms. The van der Waals surface area contributed by atoms with E-state index in [1.54, 1.807) is 89.0 Å². The number of carbonyl (C=O) groups excluding carboxylic acids is 6. The number of likely N-dealkylation sites (tertiary alicyclic amines) is 1. The van der Waals surface area contributed by atoms with E-state index in [2.05, 4.69) is 10.6 Å². The van der Waals surface area contributed by atoms with E-state index in [0.717, 1.165) is 0 Å². The Morgan fingerprint density at radius 1 is 0.814 bits per heavy atom. The lowest BCUT2D eigenvalue weighted by Gasteiger charge is -2.38. The van der Waals surface area contributed by atoms with E-state index in [1.807, 2.05) is 36.3 Å². The van der Waals surface area contributed by atoms with E-state index in [0.29, 0.717) is 55.5 Å². The maximum Gasteiger partial charge on any atom is 0.410 e. The number of anilines is 1. The number of carbonyl (C=O) groups is 6. The van der Waals surface area contributed by atoms with Crippen molar-refractivity contribution >= 4 is 41.6 Å². The van der Waals surface area contributed by atoms with Gasteiger partial charge in [-0.3, -0.25) is 14.4 Å². The number of aryl methyl sites for hydroxylation is 1. The number of nitrogens with zero attached hydrogens (tertiary/aromatic N) is 4. The number of ether oxygens (including phenoxy) is 4. The van der Waals surface area contributed by atoms with Crippen molar-refractivity contribution in [3.8, 4) is 5.75 Å². The monoisotopic (exact) mass is 819 g/mol. The first-order chi connectivity index (χ1) is 27.5. The number of benzene rings is 2. The van der Waals surface area contributed by atoms with E-state index in [1.165, 1.54) is 12.1 Å². The molecular formula is C42H55N6O11+. The predicted octanol–water partition coefficient (Wildman–Crippen LogP) is 5.13. The number of imide groups is 1. The van der Waals surface area contributed by atoms with Crippen molar-refractivity contribution in [2.24, 2.45) is 5.92 Å². The lowest BCUT2D eigenvalue weighted by molar-refractivity contribution is -0.781. The molecule has 1 fully saturated rings. The van der Waals surface area contributed by atoms with Crippen LogP contribution in [-0.4, -0.2) is 99.7 Å². The first kappa shape index (κ1) is 44.1. The largest absolute Gasteiger partial charge is 0.490 e. The smallest absolute Gasteiger partial charge is 0.410 e. The summed E-state index contributed by atoms with van der Waals surface area (Å²) >= 11 is 0. The molecule has 1 unspecified atom stereocenters. The minimum Gasteiger partial charge on any atom is -0.490 e. The van der Waals surface area contributed by atoms with E-state index in [9.17, 15) is 28.8 Å². The van der Waals surface area contributed by atoms with Gasteiger partial charge in [0, 0.05) is 25.2 Å². The molecule has 3 heterocycles. The number of aromatic nitrogens is 2. The Morgan fingerprint density at radius 3 is 1.98 bits per heavy atom. The maximum absolute atomic E-state index is 13.4. The molecule has 1 saturated heterocycles. The highest BCUT2D eigenvalue weighted by atomic mass is 16.7. The molecule has 17 heteroatoms. The van der Waals surface area contributed by atoms with E-state index >= 15 is 0 Å². The summed E-state index contributed by atoms with van der Waals surface area (Å²) in [5, 5.41) is 6.24. The van der Waals surface area contributed by atoms with Gasteiger partial charge < -0.3 is 34.5 Å². The Kier molecular flexibility index (Phi) is 13.4. The number of hydrogen-bond acceptors (Lipinski definition) is 11. The number of amides is 5. The van der Waals surface area contributed by atoms with Crippen molar-refractivity contribution in [2.45, 2.75) is 105 Å². The van der Waals surface area contributed by atoms with Crippen LogP contribution in [0.5, 0.6) is 5.75 Å². The van der Waals surface area contributed by atoms with Crippen molar-refractivity contribution < 1.29 is 57.2 Å². The lowest BCUT2D eigenvalue weighted by atomic mass is 10.0. The van der Waals surface area contributed by atoms with Gasteiger partial charge in [-0.15, -0.1) is 9.75 Å². The number of esters is 1. The quantitative estimate of drug-likeness (QED) is 0.0722. The summed E-state index contributed by atoms with van der Waals surface area (Å²) in [6.07, 6.45) is 1.86. The fourth-order valence-corrected chi connectivity index (χ4v) is 6.07. The van der Waals surface area contributed by atoms with Crippen LogP contribution in [0.2, 0.25) is 0 Å². The van der Waals surface area contributed by atoms with Crippen molar-refractivity contribution in [3.63, 3.8) is 0 Å². The second-order valence-corrected chi connectivity index (χ2v) is 17.4. The van der Waals surface area contributed by atoms with Gasteiger partial charge in [0.25, 0.3) is 17.7 Å². The molecule has 2 N–H and O–H groups in total. The van der Waals surface area contributed by atoms with Crippen molar-refractivity contribution in [1.29, 1.82) is 0 Å². The van der Waals surface area contributed by atoms with Gasteiger partial charge >= 0.3 is 18.2 Å². The van der Waals surface area contributed by atoms with E-state index in [-0.39, 0.29) is 28.9 Å². The molecule has 1 atom stereocenters. The van der Waals surface area contributed by atoms with Crippen LogP contribution in [0.25, 0.3) is 0 Å². The number of nitrogens with one attached hydrogen (secondary N) is 2. The Bertz CT molecular complexity index is 2000. The summed E-state index contributed by atoms with van der Waals surface area (Å²) in [5.41, 5.74) is -0.948. The molecule has 0 aliphatic carbocycles. The molecule has 5 rings (SSSR count). The van der Waals surface area contributed by atoms with Crippen molar-refractivity contribution in [3.05, 3.63) is 77.6 Å². The van der Waals surface area contributed by atoms with Crippen LogP contribution in [0.3, 0.4) is 0 Å². The summed E-state index contributed by atoms with van der Waals surface area (Å²) in [5.74, 6) is -2.22. The number of hydroxylamine groups is 2. The third kappa shape index (κ3) is 12.5. The number of alkyl carbamates (subject to hydrolysis) is 1. The number of hydrogen-bond donors (Lipinski definition) is 2. The Balaban J connectivity index is 1.21. The first-order valence-corrected chi connectivity index (χ1v) is 19.5. The molecule has 2 aliphatic rings. The third-order valence-electron chi connectivity index (χ3n) is 8.63. The van der Waals surface area contributed by atoms with Crippen LogP contribution in [0.1, 0.15) is 99.8 Å². The van der Waals surface area contributed by atoms with E-state index in [4.69, 9.17) is 23.8 Å². The molecule has 2 aromatic carbocycles. The first-order valence-electron chi connectivity index (χ1n) is 19.5. The second-order valence-electron chi connectivity index (χ2n) is 17.4. The third-order valence-corrected chi connectivity index (χ3v) is 8.63. The van der Waals surface area contributed by atoms with Crippen molar-refractivity contribution in [1.82, 2.24) is 20.0 Å². The molecule has 0 saturated carbocycles. The Labute approximate surface area is 343 Å². The van der Waals surface area contributed by atoms with Crippen LogP contribution in [0.4, 0.5) is 15.3 Å². The van der Waals surface area contributed by atoms with Gasteiger partial charge in [0.1, 0.15) is 34.8 Å². The highest BCUT2D eigenvalue weighted by Gasteiger charge is 2.41. The summed E-state index contributed by atoms with van der Waals surface area (Å²) in [4.78, 5) is 84.4. The average Bonchev–Trinajstić information content (AvgIpc) is 3.59. The van der Waals surface area contributed by atoms with Crippen LogP contribution in [0, 0.1) is 5.92 Å². The summed E-state index contributed by atoms with van der Waals surface area (Å²) < 4.78 is 26.1. The molecule has 1 aromatic heterocycles. The molecule has 17 nitrogen and oxygen atoms in total. The molecule has 0 radical (unpaired) electrons. The van der Waals surface area contributed by atoms with Gasteiger partial charge in [0.2, 0.25) is 12.3 Å². The van der Waals surface area contributed by atoms with Crippen LogP contribution >= 0.6 is 0 Å². The number of fused-ring (bicyclic) bond motifs is 1. The summed E-state index contributed by atoms with van der Waals surface area (Å²) in [7, 11) is 0. The Morgan fingerprint density at radius 2 is 1.41 bits per heavy atom. The minimum atomic E-state index is -1.48. The highest BCUT2D eigenvalue weighted by molar-refractivity contribution is 6.20. The van der Waals surface area contributed by atoms with Crippen LogP contribution < -0.4 is 20.1 Å². The van der Waals surface area contributed by atoms with Gasteiger partial charge in [-0.05, 0) is 105 Å². The number of rotatable bonds is 14. The highest BCUT2D eigenvalue weighted by Crippen LogP contribution is 2.25. The summed E-state index contributed by atoms with van der Waals surface area (Å²) in [6.45, 7) is 18.0. The van der Waals surface area contributed by atoms with Crippen LogP contribution in [0.15, 0.2) is 60.9 Å². The standard InChI is InChI=1S/C42H54N6O11/c1-40(2,3)56-37(52)33(59-48-35(50)31-13-10-11-14-32(31)36(48)51)26-55-30-17-15-28(16-18-30)34(49)44-29-24-46(20-12-19-43-38(53)57-41(4,5)6)47(25-29)23-27-21-45(22-27)39(54)58-42(7,8)9/h10-11,13-18,24-25,27,33H,12,19-23,26H2,1-9H3,(H-,43,44,49,53)/p+1. The van der Waals surface area contributed by atoms with Gasteiger partial charge in [0.15, 0.2) is 6.54 Å². The zero-order valence-corrected chi connectivity index (χ0v) is 35.2. The Hall–Kier alpha value is -5.97. The van der Waals surface area contributed by atoms with Gasteiger partial charge in [0.05, 0.1) is 29.8 Å². The fourth-order valence-electron chi connectivity index (χ4n) is 6.07. The van der Waals surface area contributed by atoms with Gasteiger partial charge in [-0.1, -0.05) is 12.1 Å². The molecule has 5 amide bonds. The van der Waals surface area contributed by atoms with E-state index < -0.39 is 59.3 Å². The van der Waals surface area contributed by atoms with Gasteiger partial charge in [-0.2, -0.15) is 4.68 Å². The normalized spacial score (nSPS) is 14.9. The molecular weight excluding hydrogens is 764 g/mol. The molecule has 59 heavy (non-hydrogen) atoms. The maximum atomic E-state index is 13.4. The molecule has 0 bridgehead atoms. The summed E-state index contributed by atoms with van der Waals surface area (Å²) in [6, 6.07) is 12.4. The second kappa shape index (κ2) is 17.9. The molecule has 318 valence electrons. The fraction of sp³-hybridized carbons (Fsp3) is 0.500. The predicted molar refractivity (Wildman–Crippen MR) is 212 cm³/mol. The molecule has 2 aliphatic heterocycles. The van der Waals surface area contributed by atoms with Crippen molar-refractivity contribution in [2.75, 3.05) is 31.6 Å². The zero-order chi connectivity index (χ0) is 43.3. The molecule has 3 aromatic rings. The minimum absolute atomic E-state index is 0.152. The topological polar surface area (TPSA) is 188 Å². The zero-order valence-electron chi connectivity index (χ0n) is 35.2. The average molecular weight is 820 g/mol.